The Morgan fingerprint density at radius 1 is 0.650 bits per heavy atom. The molecule has 0 atom stereocenters. The zero-order valence-electron chi connectivity index (χ0n) is 10.1. The fraction of sp³-hybridized carbons (Fsp3) is 0.0667. The molecule has 1 heterocycles. The molecule has 4 rings (SSSR count). The summed E-state index contributed by atoms with van der Waals surface area (Å²) in [7, 11) is 0. The Balaban J connectivity index is 2.29. The second-order valence-corrected chi connectivity index (χ2v) is 4.88. The Kier molecular flexibility index (Phi) is 1.87. The first-order valence-electron chi connectivity index (χ1n) is 6.09. The van der Waals surface area contributed by atoms with E-state index < -0.39 is 11.8 Å². The second-order valence-electron chi connectivity index (χ2n) is 4.88. The van der Waals surface area contributed by atoms with E-state index in [1.807, 2.05) is 0 Å². The molecule has 1 aliphatic heterocycles. The smallest absolute Gasteiger partial charge is 0.258 e. The highest BCUT2D eigenvalue weighted by atomic mass is 16.2. The van der Waals surface area contributed by atoms with Crippen LogP contribution in [0.3, 0.4) is 0 Å². The number of rotatable bonds is 0. The van der Waals surface area contributed by atoms with Crippen molar-refractivity contribution in [3.05, 3.63) is 46.5 Å². The number of Topliss-reactive ketones (excluding diaryl/α,β-unsaturated/α-hetero) is 2. The van der Waals surface area contributed by atoms with E-state index in [0.717, 1.165) is 0 Å². The Hall–Kier alpha value is -2.82. The molecule has 2 aromatic carbocycles. The predicted molar refractivity (Wildman–Crippen MR) is 69.0 cm³/mol. The van der Waals surface area contributed by atoms with Gasteiger partial charge in [-0.05, 0) is 24.3 Å². The average molecular weight is 265 g/mol. The van der Waals surface area contributed by atoms with Crippen LogP contribution in [0.2, 0.25) is 0 Å². The standard InChI is InChI=1S/C15H7NO4/c17-10-5-11(18)7-2-4-9-13-8(14(19)16-15(9)20)3-1-6(10)12(7)13/h1-4H,5H2,(H,16,19,20). The summed E-state index contributed by atoms with van der Waals surface area (Å²) in [4.78, 5) is 47.7. The largest absolute Gasteiger partial charge is 0.294 e. The maximum Gasteiger partial charge on any atom is 0.258 e. The molecule has 0 spiro atoms. The van der Waals surface area contributed by atoms with E-state index in [2.05, 4.69) is 5.32 Å². The third kappa shape index (κ3) is 1.17. The van der Waals surface area contributed by atoms with Gasteiger partial charge in [0.25, 0.3) is 11.8 Å². The van der Waals surface area contributed by atoms with Gasteiger partial charge in [-0.15, -0.1) is 0 Å². The molecule has 20 heavy (non-hydrogen) atoms. The number of nitrogens with one attached hydrogen (secondary N) is 1. The molecule has 5 nitrogen and oxygen atoms in total. The predicted octanol–water partition coefficient (Wildman–Crippen LogP) is 1.49. The SMILES string of the molecule is O=C1CC(=O)c2ccc3c4c(ccc1c24)C(=O)NC3=O. The number of ketones is 2. The first-order valence-corrected chi connectivity index (χ1v) is 6.09. The van der Waals surface area contributed by atoms with Gasteiger partial charge in [-0.3, -0.25) is 24.5 Å². The van der Waals surface area contributed by atoms with Crippen LogP contribution < -0.4 is 5.32 Å². The summed E-state index contributed by atoms with van der Waals surface area (Å²) in [6.07, 6.45) is -0.166. The molecule has 0 fully saturated rings. The quantitative estimate of drug-likeness (QED) is 0.578. The van der Waals surface area contributed by atoms with Crippen LogP contribution in [0.25, 0.3) is 10.8 Å². The molecule has 1 N–H and O–H groups in total. The minimum absolute atomic E-state index is 0.166. The molecule has 0 radical (unpaired) electrons. The molecule has 2 aliphatic rings. The molecule has 0 aromatic heterocycles. The number of carbonyl (C=O) groups excluding carboxylic acids is 4. The summed E-state index contributed by atoms with van der Waals surface area (Å²) in [6, 6.07) is 6.16. The Morgan fingerprint density at radius 3 is 1.55 bits per heavy atom. The number of benzene rings is 2. The molecule has 0 unspecified atom stereocenters. The van der Waals surface area contributed by atoms with Gasteiger partial charge in [0.15, 0.2) is 11.6 Å². The van der Waals surface area contributed by atoms with Crippen LogP contribution in [0.5, 0.6) is 0 Å². The van der Waals surface area contributed by atoms with E-state index in [0.29, 0.717) is 33.0 Å². The van der Waals surface area contributed by atoms with Crippen LogP contribution in [-0.2, 0) is 0 Å². The van der Waals surface area contributed by atoms with Gasteiger partial charge in [0.2, 0.25) is 0 Å². The molecule has 5 heteroatoms. The van der Waals surface area contributed by atoms with Crippen molar-refractivity contribution in [1.82, 2.24) is 5.32 Å². The van der Waals surface area contributed by atoms with Gasteiger partial charge in [-0.2, -0.15) is 0 Å². The first-order chi connectivity index (χ1) is 9.58. The Morgan fingerprint density at radius 2 is 1.05 bits per heavy atom. The van der Waals surface area contributed by atoms with Crippen molar-refractivity contribution in [2.45, 2.75) is 6.42 Å². The normalized spacial score (nSPS) is 16.6. The van der Waals surface area contributed by atoms with Crippen LogP contribution in [0.1, 0.15) is 47.9 Å². The van der Waals surface area contributed by atoms with Crippen molar-refractivity contribution in [1.29, 1.82) is 0 Å². The lowest BCUT2D eigenvalue weighted by molar-refractivity contribution is 0.0836. The van der Waals surface area contributed by atoms with Crippen molar-refractivity contribution < 1.29 is 19.2 Å². The van der Waals surface area contributed by atoms with Gasteiger partial charge in [0, 0.05) is 33.0 Å². The maximum absolute atomic E-state index is 12.0. The fourth-order valence-corrected chi connectivity index (χ4v) is 2.91. The van der Waals surface area contributed by atoms with Gasteiger partial charge in [-0.1, -0.05) is 0 Å². The number of imide groups is 1. The van der Waals surface area contributed by atoms with Crippen molar-refractivity contribution in [2.24, 2.45) is 0 Å². The van der Waals surface area contributed by atoms with Crippen molar-refractivity contribution >= 4 is 34.2 Å². The Bertz CT molecular complexity index is 740. The molecule has 96 valence electrons. The summed E-state index contributed by atoms with van der Waals surface area (Å²) >= 11 is 0. The lowest BCUT2D eigenvalue weighted by atomic mass is 9.82. The number of carbonyl (C=O) groups is 4. The van der Waals surface area contributed by atoms with Crippen LogP contribution in [0.15, 0.2) is 24.3 Å². The lowest BCUT2D eigenvalue weighted by Crippen LogP contribution is -2.35. The van der Waals surface area contributed by atoms with E-state index in [4.69, 9.17) is 0 Å². The molecule has 0 bridgehead atoms. The summed E-state index contributed by atoms with van der Waals surface area (Å²) in [5.74, 6) is -1.55. The van der Waals surface area contributed by atoms with Crippen LogP contribution >= 0.6 is 0 Å². The molecule has 0 saturated heterocycles. The molecule has 2 aromatic rings. The van der Waals surface area contributed by atoms with Gasteiger partial charge >= 0.3 is 0 Å². The van der Waals surface area contributed by atoms with Gasteiger partial charge in [-0.25, -0.2) is 0 Å². The highest BCUT2D eigenvalue weighted by molar-refractivity contribution is 6.34. The summed E-state index contributed by atoms with van der Waals surface area (Å²) in [6.45, 7) is 0. The highest BCUT2D eigenvalue weighted by Gasteiger charge is 2.32. The fourth-order valence-electron chi connectivity index (χ4n) is 2.91. The number of hydrogen-bond donors (Lipinski definition) is 1. The third-order valence-corrected chi connectivity index (χ3v) is 3.80. The van der Waals surface area contributed by atoms with Crippen LogP contribution in [-0.4, -0.2) is 23.4 Å². The average Bonchev–Trinajstić information content (AvgIpc) is 2.42. The number of hydrogen-bond acceptors (Lipinski definition) is 4. The van der Waals surface area contributed by atoms with Gasteiger partial charge < -0.3 is 0 Å². The van der Waals surface area contributed by atoms with E-state index in [-0.39, 0.29) is 18.0 Å². The van der Waals surface area contributed by atoms with E-state index in [1.165, 1.54) is 12.1 Å². The third-order valence-electron chi connectivity index (χ3n) is 3.80. The van der Waals surface area contributed by atoms with Crippen molar-refractivity contribution in [3.63, 3.8) is 0 Å². The minimum atomic E-state index is -0.503. The molecule has 1 aliphatic carbocycles. The zero-order valence-corrected chi connectivity index (χ0v) is 10.1. The molecular weight excluding hydrogens is 258 g/mol. The minimum Gasteiger partial charge on any atom is -0.294 e. The lowest BCUT2D eigenvalue weighted by Gasteiger charge is -2.22. The first kappa shape index (κ1) is 11.0. The highest BCUT2D eigenvalue weighted by Crippen LogP contribution is 2.35. The maximum atomic E-state index is 12.0. The summed E-state index contributed by atoms with van der Waals surface area (Å²) < 4.78 is 0. The van der Waals surface area contributed by atoms with Gasteiger partial charge in [0.05, 0.1) is 6.42 Å². The van der Waals surface area contributed by atoms with E-state index in [1.54, 1.807) is 12.1 Å². The van der Waals surface area contributed by atoms with Crippen LogP contribution in [0, 0.1) is 0 Å². The zero-order chi connectivity index (χ0) is 14.0. The number of amides is 2. The molecule has 2 amide bonds. The van der Waals surface area contributed by atoms with Gasteiger partial charge in [0.1, 0.15) is 0 Å². The molecular formula is C15H7NO4. The monoisotopic (exact) mass is 265 g/mol. The van der Waals surface area contributed by atoms with E-state index in [9.17, 15) is 19.2 Å². The van der Waals surface area contributed by atoms with E-state index >= 15 is 0 Å². The summed E-state index contributed by atoms with van der Waals surface area (Å²) in [5.41, 5.74) is 1.45. The topological polar surface area (TPSA) is 80.3 Å². The molecule has 0 saturated carbocycles. The second kappa shape index (κ2) is 3.39. The Labute approximate surface area is 112 Å². The van der Waals surface area contributed by atoms with Crippen molar-refractivity contribution in [2.75, 3.05) is 0 Å². The van der Waals surface area contributed by atoms with Crippen molar-refractivity contribution in [3.8, 4) is 0 Å². The van der Waals surface area contributed by atoms with Crippen LogP contribution in [0.4, 0.5) is 0 Å². The summed E-state index contributed by atoms with van der Waals surface area (Å²) in [5, 5.41) is 3.09.